The van der Waals surface area contributed by atoms with Crippen LogP contribution in [0.15, 0.2) is 41.7 Å². The number of aromatic nitrogens is 1. The highest BCUT2D eigenvalue weighted by Gasteiger charge is 2.09. The average molecular weight is 274 g/mol. The van der Waals surface area contributed by atoms with Gasteiger partial charge in [-0.1, -0.05) is 17.3 Å². The summed E-state index contributed by atoms with van der Waals surface area (Å²) >= 11 is 0. The maximum absolute atomic E-state index is 13.4. The van der Waals surface area contributed by atoms with Crippen molar-refractivity contribution in [1.29, 1.82) is 0 Å². The van der Waals surface area contributed by atoms with Crippen LogP contribution >= 0.6 is 0 Å². The minimum atomic E-state index is -0.266. The summed E-state index contributed by atoms with van der Waals surface area (Å²) in [6.45, 7) is 2.09. The molecular formula is C14H15FN4O. The van der Waals surface area contributed by atoms with E-state index in [1.807, 2.05) is 6.07 Å². The monoisotopic (exact) mass is 274 g/mol. The zero-order valence-corrected chi connectivity index (χ0v) is 11.0. The largest absolute Gasteiger partial charge is 0.409 e. The van der Waals surface area contributed by atoms with E-state index in [1.54, 1.807) is 31.3 Å². The van der Waals surface area contributed by atoms with Gasteiger partial charge in [-0.3, -0.25) is 4.98 Å². The summed E-state index contributed by atoms with van der Waals surface area (Å²) < 4.78 is 13.4. The summed E-state index contributed by atoms with van der Waals surface area (Å²) in [6, 6.07) is 8.40. The number of pyridine rings is 1. The van der Waals surface area contributed by atoms with Crippen molar-refractivity contribution in [2.24, 2.45) is 10.9 Å². The lowest BCUT2D eigenvalue weighted by Gasteiger charge is -2.12. The highest BCUT2D eigenvalue weighted by molar-refractivity contribution is 5.96. The van der Waals surface area contributed by atoms with Crippen molar-refractivity contribution in [1.82, 2.24) is 4.98 Å². The third-order valence-corrected chi connectivity index (χ3v) is 2.98. The maximum Gasteiger partial charge on any atom is 0.189 e. The number of amidine groups is 1. The Morgan fingerprint density at radius 2 is 2.20 bits per heavy atom. The molecule has 20 heavy (non-hydrogen) atoms. The molecule has 0 aliphatic rings. The number of benzene rings is 1. The van der Waals surface area contributed by atoms with Crippen LogP contribution in [0.4, 0.5) is 10.1 Å². The van der Waals surface area contributed by atoms with Crippen LogP contribution in [0.1, 0.15) is 16.8 Å². The Morgan fingerprint density at radius 1 is 1.40 bits per heavy atom. The topological polar surface area (TPSA) is 83.5 Å². The second-order valence-electron chi connectivity index (χ2n) is 4.26. The lowest BCUT2D eigenvalue weighted by atomic mass is 10.1. The summed E-state index contributed by atoms with van der Waals surface area (Å²) in [6.07, 6.45) is 1.56. The van der Waals surface area contributed by atoms with E-state index in [1.165, 1.54) is 6.07 Å². The summed E-state index contributed by atoms with van der Waals surface area (Å²) in [5, 5.41) is 14.8. The number of nitrogens with one attached hydrogen (secondary N) is 1. The Kier molecular flexibility index (Phi) is 4.14. The quantitative estimate of drug-likeness (QED) is 0.345. The molecule has 1 aromatic carbocycles. The fourth-order valence-corrected chi connectivity index (χ4v) is 1.85. The average Bonchev–Trinajstić information content (AvgIpc) is 2.48. The highest BCUT2D eigenvalue weighted by Crippen LogP contribution is 2.18. The van der Waals surface area contributed by atoms with Gasteiger partial charge in [-0.15, -0.1) is 0 Å². The molecule has 0 radical (unpaired) electrons. The van der Waals surface area contributed by atoms with Gasteiger partial charge in [0.15, 0.2) is 5.84 Å². The van der Waals surface area contributed by atoms with E-state index in [-0.39, 0.29) is 11.7 Å². The molecule has 0 saturated heterocycles. The predicted molar refractivity (Wildman–Crippen MR) is 75.2 cm³/mol. The molecule has 0 amide bonds. The van der Waals surface area contributed by atoms with Crippen molar-refractivity contribution in [3.05, 3.63) is 59.2 Å². The molecule has 104 valence electrons. The molecule has 1 heterocycles. The van der Waals surface area contributed by atoms with E-state index in [9.17, 15) is 4.39 Å². The zero-order chi connectivity index (χ0) is 14.5. The Morgan fingerprint density at radius 3 is 2.95 bits per heavy atom. The zero-order valence-electron chi connectivity index (χ0n) is 11.0. The molecule has 0 spiro atoms. The van der Waals surface area contributed by atoms with Crippen LogP contribution < -0.4 is 11.1 Å². The van der Waals surface area contributed by atoms with Crippen LogP contribution in [0, 0.1) is 12.7 Å². The maximum atomic E-state index is 13.4. The van der Waals surface area contributed by atoms with Crippen LogP contribution in [0.2, 0.25) is 0 Å². The number of nitrogens with zero attached hydrogens (tertiary/aromatic N) is 2. The van der Waals surface area contributed by atoms with Crippen molar-refractivity contribution >= 4 is 11.5 Å². The van der Waals surface area contributed by atoms with Crippen molar-refractivity contribution in [3.63, 3.8) is 0 Å². The van der Waals surface area contributed by atoms with Crippen LogP contribution in [-0.2, 0) is 6.54 Å². The van der Waals surface area contributed by atoms with Gasteiger partial charge in [0, 0.05) is 29.6 Å². The molecule has 0 aliphatic carbocycles. The number of oxime groups is 1. The predicted octanol–water partition coefficient (Wildman–Crippen LogP) is 2.24. The van der Waals surface area contributed by atoms with E-state index in [0.29, 0.717) is 23.5 Å². The van der Waals surface area contributed by atoms with Gasteiger partial charge in [0.2, 0.25) is 0 Å². The SMILES string of the molecule is Cc1c(F)cccc1NCc1cccnc1C(N)=NO. The Balaban J connectivity index is 2.21. The smallest absolute Gasteiger partial charge is 0.189 e. The van der Waals surface area contributed by atoms with Crippen LogP contribution in [0.3, 0.4) is 0 Å². The van der Waals surface area contributed by atoms with Crippen molar-refractivity contribution in [3.8, 4) is 0 Å². The summed E-state index contributed by atoms with van der Waals surface area (Å²) in [5.74, 6) is -0.323. The number of nitrogens with two attached hydrogens (primary N) is 1. The number of rotatable bonds is 4. The van der Waals surface area contributed by atoms with E-state index in [0.717, 1.165) is 5.56 Å². The highest BCUT2D eigenvalue weighted by atomic mass is 19.1. The number of hydrogen-bond acceptors (Lipinski definition) is 4. The number of halogens is 1. The molecule has 0 bridgehead atoms. The Hall–Kier alpha value is -2.63. The van der Waals surface area contributed by atoms with Crippen LogP contribution in [0.5, 0.6) is 0 Å². The first kappa shape index (κ1) is 13.8. The Labute approximate surface area is 116 Å². The van der Waals surface area contributed by atoms with Crippen LogP contribution in [0.25, 0.3) is 0 Å². The van der Waals surface area contributed by atoms with Crippen molar-refractivity contribution in [2.75, 3.05) is 5.32 Å². The summed E-state index contributed by atoms with van der Waals surface area (Å²) in [5.41, 5.74) is 7.96. The summed E-state index contributed by atoms with van der Waals surface area (Å²) in [7, 11) is 0. The first-order valence-corrected chi connectivity index (χ1v) is 6.04. The van der Waals surface area contributed by atoms with E-state index in [2.05, 4.69) is 15.5 Å². The molecular weight excluding hydrogens is 259 g/mol. The molecule has 6 heteroatoms. The van der Waals surface area contributed by atoms with Gasteiger partial charge in [0.05, 0.1) is 0 Å². The molecule has 0 fully saturated rings. The van der Waals surface area contributed by atoms with Gasteiger partial charge < -0.3 is 16.3 Å². The molecule has 1 aromatic heterocycles. The normalized spacial score (nSPS) is 11.4. The molecule has 0 saturated carbocycles. The van der Waals surface area contributed by atoms with Gasteiger partial charge in [-0.25, -0.2) is 4.39 Å². The third kappa shape index (κ3) is 2.85. The van der Waals surface area contributed by atoms with Crippen molar-refractivity contribution in [2.45, 2.75) is 13.5 Å². The molecule has 4 N–H and O–H groups in total. The second kappa shape index (κ2) is 6.01. The minimum absolute atomic E-state index is 0.0571. The van der Waals surface area contributed by atoms with Crippen molar-refractivity contribution < 1.29 is 9.60 Å². The molecule has 2 rings (SSSR count). The van der Waals surface area contributed by atoms with Gasteiger partial charge >= 0.3 is 0 Å². The van der Waals surface area contributed by atoms with Gasteiger partial charge in [0.25, 0.3) is 0 Å². The van der Waals surface area contributed by atoms with Gasteiger partial charge in [-0.05, 0) is 25.1 Å². The number of hydrogen-bond donors (Lipinski definition) is 3. The molecule has 0 unspecified atom stereocenters. The first-order valence-electron chi connectivity index (χ1n) is 6.04. The lowest BCUT2D eigenvalue weighted by molar-refractivity contribution is 0.318. The van der Waals surface area contributed by atoms with E-state index >= 15 is 0 Å². The standard InChI is InChI=1S/C14H15FN4O/c1-9-11(15)5-2-6-12(9)18-8-10-4-3-7-17-13(10)14(16)19-20/h2-7,18,20H,8H2,1H3,(H2,16,19). The molecule has 2 aromatic rings. The Bertz CT molecular complexity index is 643. The fourth-order valence-electron chi connectivity index (χ4n) is 1.85. The summed E-state index contributed by atoms with van der Waals surface area (Å²) in [4.78, 5) is 4.07. The number of anilines is 1. The fraction of sp³-hybridized carbons (Fsp3) is 0.143. The third-order valence-electron chi connectivity index (χ3n) is 2.98. The molecule has 0 atom stereocenters. The second-order valence-corrected chi connectivity index (χ2v) is 4.26. The lowest BCUT2D eigenvalue weighted by Crippen LogP contribution is -2.18. The molecule has 5 nitrogen and oxygen atoms in total. The first-order chi connectivity index (χ1) is 9.63. The van der Waals surface area contributed by atoms with Crippen LogP contribution in [-0.4, -0.2) is 16.0 Å². The minimum Gasteiger partial charge on any atom is -0.409 e. The van der Waals surface area contributed by atoms with E-state index < -0.39 is 0 Å². The van der Waals surface area contributed by atoms with Gasteiger partial charge in [-0.2, -0.15) is 0 Å². The molecule has 0 aliphatic heterocycles. The van der Waals surface area contributed by atoms with E-state index in [4.69, 9.17) is 10.9 Å². The van der Waals surface area contributed by atoms with Gasteiger partial charge in [0.1, 0.15) is 11.5 Å².